The van der Waals surface area contributed by atoms with E-state index in [-0.39, 0.29) is 0 Å². The molecule has 1 aromatic heterocycles. The summed E-state index contributed by atoms with van der Waals surface area (Å²) in [5.74, 6) is 1.46. The van der Waals surface area contributed by atoms with Crippen molar-refractivity contribution >= 4 is 11.8 Å². The van der Waals surface area contributed by atoms with Gasteiger partial charge in [-0.2, -0.15) is 0 Å². The normalized spacial score (nSPS) is 19.5. The van der Waals surface area contributed by atoms with Gasteiger partial charge in [0.05, 0.1) is 6.10 Å². The van der Waals surface area contributed by atoms with E-state index in [1.807, 2.05) is 30.3 Å². The van der Waals surface area contributed by atoms with Crippen LogP contribution in [0.25, 0.3) is 11.5 Å². The Labute approximate surface area is 116 Å². The van der Waals surface area contributed by atoms with Crippen LogP contribution in [-0.2, 0) is 4.74 Å². The van der Waals surface area contributed by atoms with Gasteiger partial charge in [0.25, 0.3) is 5.22 Å². The van der Waals surface area contributed by atoms with E-state index in [1.54, 1.807) is 11.8 Å². The molecule has 2 heterocycles. The molecular formula is C14H16N2O2S. The van der Waals surface area contributed by atoms with E-state index in [4.69, 9.17) is 9.15 Å². The molecule has 1 saturated heterocycles. The molecule has 100 valence electrons. The third kappa shape index (κ3) is 3.36. The molecule has 1 atom stereocenters. The lowest BCUT2D eigenvalue weighted by Crippen LogP contribution is -2.21. The average Bonchev–Trinajstić information content (AvgIpc) is 2.96. The fraction of sp³-hybridized carbons (Fsp3) is 0.429. The number of rotatable bonds is 4. The van der Waals surface area contributed by atoms with Gasteiger partial charge in [-0.05, 0) is 31.4 Å². The predicted molar refractivity (Wildman–Crippen MR) is 74.0 cm³/mol. The predicted octanol–water partition coefficient (Wildman–Crippen LogP) is 3.40. The van der Waals surface area contributed by atoms with Crippen molar-refractivity contribution in [2.45, 2.75) is 30.6 Å². The average molecular weight is 276 g/mol. The summed E-state index contributed by atoms with van der Waals surface area (Å²) in [4.78, 5) is 0. The summed E-state index contributed by atoms with van der Waals surface area (Å²) >= 11 is 1.58. The molecule has 1 aromatic carbocycles. The molecule has 0 amide bonds. The molecule has 3 rings (SSSR count). The Hall–Kier alpha value is -1.33. The van der Waals surface area contributed by atoms with Gasteiger partial charge in [-0.25, -0.2) is 0 Å². The lowest BCUT2D eigenvalue weighted by atomic mass is 10.1. The largest absolute Gasteiger partial charge is 0.411 e. The third-order valence-electron chi connectivity index (χ3n) is 3.09. The highest BCUT2D eigenvalue weighted by Gasteiger charge is 2.16. The Morgan fingerprint density at radius 3 is 2.84 bits per heavy atom. The van der Waals surface area contributed by atoms with Crippen LogP contribution in [0, 0.1) is 0 Å². The van der Waals surface area contributed by atoms with Gasteiger partial charge in [-0.15, -0.1) is 10.2 Å². The highest BCUT2D eigenvalue weighted by molar-refractivity contribution is 7.99. The zero-order valence-corrected chi connectivity index (χ0v) is 11.4. The lowest BCUT2D eigenvalue weighted by Gasteiger charge is -2.21. The van der Waals surface area contributed by atoms with E-state index in [1.165, 1.54) is 12.8 Å². The minimum Gasteiger partial charge on any atom is -0.411 e. The van der Waals surface area contributed by atoms with Crippen molar-refractivity contribution in [2.24, 2.45) is 0 Å². The van der Waals surface area contributed by atoms with Crippen molar-refractivity contribution in [3.05, 3.63) is 30.3 Å². The second-order valence-electron chi connectivity index (χ2n) is 4.54. The Morgan fingerprint density at radius 2 is 2.05 bits per heavy atom. The van der Waals surface area contributed by atoms with Crippen LogP contribution in [-0.4, -0.2) is 28.7 Å². The van der Waals surface area contributed by atoms with Crippen LogP contribution in [0.2, 0.25) is 0 Å². The van der Waals surface area contributed by atoms with Crippen molar-refractivity contribution < 1.29 is 9.15 Å². The van der Waals surface area contributed by atoms with E-state index in [2.05, 4.69) is 10.2 Å². The molecule has 0 radical (unpaired) electrons. The Kier molecular flexibility index (Phi) is 4.15. The maximum Gasteiger partial charge on any atom is 0.276 e. The van der Waals surface area contributed by atoms with Crippen LogP contribution in [0.4, 0.5) is 0 Å². The van der Waals surface area contributed by atoms with Crippen LogP contribution in [0.1, 0.15) is 19.3 Å². The lowest BCUT2D eigenvalue weighted by molar-refractivity contribution is 0.0314. The fourth-order valence-corrected chi connectivity index (χ4v) is 2.90. The van der Waals surface area contributed by atoms with Gasteiger partial charge in [-0.1, -0.05) is 30.0 Å². The molecule has 0 N–H and O–H groups in total. The SMILES string of the molecule is c1ccc(-c2nnc(SC[C@@H]3CCCCO3)o2)cc1. The van der Waals surface area contributed by atoms with E-state index < -0.39 is 0 Å². The van der Waals surface area contributed by atoms with E-state index in [9.17, 15) is 0 Å². The van der Waals surface area contributed by atoms with Gasteiger partial charge in [0.15, 0.2) is 0 Å². The summed E-state index contributed by atoms with van der Waals surface area (Å²) in [5.41, 5.74) is 0.954. The molecule has 0 saturated carbocycles. The van der Waals surface area contributed by atoms with Crippen LogP contribution in [0.3, 0.4) is 0 Å². The van der Waals surface area contributed by atoms with Gasteiger partial charge in [0.1, 0.15) is 0 Å². The van der Waals surface area contributed by atoms with Crippen molar-refractivity contribution in [3.8, 4) is 11.5 Å². The summed E-state index contributed by atoms with van der Waals surface area (Å²) in [7, 11) is 0. The standard InChI is InChI=1S/C14H16N2O2S/c1-2-6-11(7-3-1)13-15-16-14(18-13)19-10-12-8-4-5-9-17-12/h1-3,6-7,12H,4-5,8-10H2/t12-/m0/s1. The smallest absolute Gasteiger partial charge is 0.276 e. The molecule has 4 nitrogen and oxygen atoms in total. The Morgan fingerprint density at radius 1 is 1.16 bits per heavy atom. The van der Waals surface area contributed by atoms with Crippen LogP contribution in [0.15, 0.2) is 40.0 Å². The zero-order chi connectivity index (χ0) is 12.9. The zero-order valence-electron chi connectivity index (χ0n) is 10.6. The topological polar surface area (TPSA) is 48.2 Å². The first-order valence-corrected chi connectivity index (χ1v) is 7.54. The monoisotopic (exact) mass is 276 g/mol. The molecule has 2 aromatic rings. The first-order valence-electron chi connectivity index (χ1n) is 6.55. The summed E-state index contributed by atoms with van der Waals surface area (Å²) in [6.07, 6.45) is 3.89. The minimum atomic E-state index is 0.325. The number of aromatic nitrogens is 2. The quantitative estimate of drug-likeness (QED) is 0.801. The molecule has 1 aliphatic heterocycles. The number of hydrogen-bond acceptors (Lipinski definition) is 5. The van der Waals surface area contributed by atoms with E-state index in [0.717, 1.165) is 24.3 Å². The van der Waals surface area contributed by atoms with Crippen molar-refractivity contribution in [2.75, 3.05) is 12.4 Å². The van der Waals surface area contributed by atoms with Gasteiger partial charge < -0.3 is 9.15 Å². The fourth-order valence-electron chi connectivity index (χ4n) is 2.07. The summed E-state index contributed by atoms with van der Waals surface area (Å²) in [6.45, 7) is 0.879. The summed E-state index contributed by atoms with van der Waals surface area (Å²) < 4.78 is 11.3. The molecule has 0 unspecified atom stereocenters. The van der Waals surface area contributed by atoms with Gasteiger partial charge in [0, 0.05) is 17.9 Å². The van der Waals surface area contributed by atoms with E-state index in [0.29, 0.717) is 17.2 Å². The van der Waals surface area contributed by atoms with Crippen molar-refractivity contribution in [1.29, 1.82) is 0 Å². The van der Waals surface area contributed by atoms with Crippen LogP contribution in [0.5, 0.6) is 0 Å². The van der Waals surface area contributed by atoms with Gasteiger partial charge >= 0.3 is 0 Å². The molecule has 0 aliphatic carbocycles. The number of benzene rings is 1. The highest BCUT2D eigenvalue weighted by Crippen LogP contribution is 2.25. The molecule has 19 heavy (non-hydrogen) atoms. The van der Waals surface area contributed by atoms with Crippen LogP contribution >= 0.6 is 11.8 Å². The molecule has 0 spiro atoms. The third-order valence-corrected chi connectivity index (χ3v) is 4.04. The van der Waals surface area contributed by atoms with Gasteiger partial charge in [-0.3, -0.25) is 0 Å². The molecule has 5 heteroatoms. The van der Waals surface area contributed by atoms with Crippen LogP contribution < -0.4 is 0 Å². The maximum absolute atomic E-state index is 5.68. The highest BCUT2D eigenvalue weighted by atomic mass is 32.2. The summed E-state index contributed by atoms with van der Waals surface area (Å²) in [6, 6.07) is 9.82. The van der Waals surface area contributed by atoms with Crippen molar-refractivity contribution in [3.63, 3.8) is 0 Å². The number of ether oxygens (including phenoxy) is 1. The number of thioether (sulfide) groups is 1. The first kappa shape index (κ1) is 12.7. The van der Waals surface area contributed by atoms with E-state index >= 15 is 0 Å². The van der Waals surface area contributed by atoms with Gasteiger partial charge in [0.2, 0.25) is 5.89 Å². The summed E-state index contributed by atoms with van der Waals surface area (Å²) in [5, 5.41) is 8.76. The second-order valence-corrected chi connectivity index (χ2v) is 5.51. The molecule has 1 fully saturated rings. The second kappa shape index (κ2) is 6.21. The number of nitrogens with zero attached hydrogens (tertiary/aromatic N) is 2. The molecule has 1 aliphatic rings. The first-order chi connectivity index (χ1) is 9.42. The molecule has 0 bridgehead atoms. The Balaban J connectivity index is 1.59. The minimum absolute atomic E-state index is 0.325. The molecular weight excluding hydrogens is 260 g/mol. The van der Waals surface area contributed by atoms with Crippen molar-refractivity contribution in [1.82, 2.24) is 10.2 Å². The number of hydrogen-bond donors (Lipinski definition) is 0. The Bertz CT molecular complexity index is 509. The maximum atomic E-state index is 5.68.